The number of nitrogens with two attached hydrogens (primary N) is 1. The maximum Gasteiger partial charge on any atom is 0.224 e. The molecule has 47 heavy (non-hydrogen) atoms. The molecule has 0 bridgehead atoms. The summed E-state index contributed by atoms with van der Waals surface area (Å²) >= 11 is 0. The molecule has 0 aromatic heterocycles. The van der Waals surface area contributed by atoms with E-state index in [1.54, 1.807) is 24.3 Å². The summed E-state index contributed by atoms with van der Waals surface area (Å²) in [6, 6.07) is 33.3. The Morgan fingerprint density at radius 3 is 2.19 bits per heavy atom. The van der Waals surface area contributed by atoms with Gasteiger partial charge >= 0.3 is 0 Å². The van der Waals surface area contributed by atoms with Crippen LogP contribution in [0, 0.1) is 0 Å². The summed E-state index contributed by atoms with van der Waals surface area (Å²) in [4.78, 5) is 27.0. The Hall–Kier alpha value is -4.54. The number of ether oxygens (including phenoxy) is 2. The minimum Gasteiger partial charge on any atom is -0.397 e. The number of amides is 2. The summed E-state index contributed by atoms with van der Waals surface area (Å²) in [5.74, 6) is -0.287. The smallest absolute Gasteiger partial charge is 0.224 e. The van der Waals surface area contributed by atoms with Gasteiger partial charge in [0.25, 0.3) is 0 Å². The van der Waals surface area contributed by atoms with Gasteiger partial charge in [-0.2, -0.15) is 0 Å². The Kier molecular flexibility index (Phi) is 12.1. The molecule has 246 valence electrons. The van der Waals surface area contributed by atoms with Gasteiger partial charge in [-0.05, 0) is 47.9 Å². The van der Waals surface area contributed by atoms with Gasteiger partial charge in [0.05, 0.1) is 30.2 Å². The summed E-state index contributed by atoms with van der Waals surface area (Å²) in [5, 5.41) is 15.2. The molecule has 1 saturated heterocycles. The van der Waals surface area contributed by atoms with Gasteiger partial charge in [0.15, 0.2) is 6.29 Å². The number of hydrogen-bond donors (Lipinski definition) is 4. The fraction of sp³-hybridized carbons (Fsp3) is 0.316. The van der Waals surface area contributed by atoms with Crippen LogP contribution in [0.15, 0.2) is 103 Å². The van der Waals surface area contributed by atoms with E-state index >= 15 is 0 Å². The molecule has 4 aromatic rings. The fourth-order valence-electron chi connectivity index (χ4n) is 5.65. The number of aliphatic hydroxyl groups is 1. The summed E-state index contributed by atoms with van der Waals surface area (Å²) in [6.07, 6.45) is 0.848. The Bertz CT molecular complexity index is 1580. The third-order valence-electron chi connectivity index (χ3n) is 8.21. The van der Waals surface area contributed by atoms with Crippen molar-refractivity contribution >= 4 is 23.2 Å². The Morgan fingerprint density at radius 2 is 1.47 bits per heavy atom. The number of aliphatic hydroxyl groups excluding tert-OH is 1. The highest BCUT2D eigenvalue weighted by Crippen LogP contribution is 2.38. The fourth-order valence-corrected chi connectivity index (χ4v) is 5.65. The highest BCUT2D eigenvalue weighted by molar-refractivity contribution is 5.93. The van der Waals surface area contributed by atoms with E-state index in [-0.39, 0.29) is 43.5 Å². The number of rotatable bonds is 14. The van der Waals surface area contributed by atoms with Crippen molar-refractivity contribution < 1.29 is 24.2 Å². The highest BCUT2D eigenvalue weighted by atomic mass is 16.7. The lowest BCUT2D eigenvalue weighted by molar-refractivity contribution is -0.252. The molecule has 9 nitrogen and oxygen atoms in total. The van der Waals surface area contributed by atoms with Gasteiger partial charge < -0.3 is 30.9 Å². The van der Waals surface area contributed by atoms with Gasteiger partial charge in [0.2, 0.25) is 11.8 Å². The van der Waals surface area contributed by atoms with Crippen molar-refractivity contribution in [1.82, 2.24) is 10.2 Å². The molecular formula is C38H44N4O5. The molecule has 3 atom stereocenters. The van der Waals surface area contributed by atoms with Crippen LogP contribution < -0.4 is 16.4 Å². The summed E-state index contributed by atoms with van der Waals surface area (Å²) in [5.41, 5.74) is 12.0. The first kappa shape index (κ1) is 33.8. The minimum absolute atomic E-state index is 0.000903. The molecule has 5 N–H and O–H groups in total. The number of nitrogens with one attached hydrogen (secondary N) is 2. The molecule has 0 aliphatic carbocycles. The summed E-state index contributed by atoms with van der Waals surface area (Å²) in [7, 11) is 2.10. The first-order chi connectivity index (χ1) is 22.9. The van der Waals surface area contributed by atoms with E-state index in [4.69, 9.17) is 15.2 Å². The third kappa shape index (κ3) is 10.2. The van der Waals surface area contributed by atoms with E-state index < -0.39 is 6.29 Å². The monoisotopic (exact) mass is 636 g/mol. The molecule has 1 aliphatic rings. The SMILES string of the molecule is CN(Cc1ccccc1)CC1CC(c2ccc(CO)cc2)OC(c2ccc(CNC(=O)CCCC(=O)Nc3ccccc3N)cc2)O1. The van der Waals surface area contributed by atoms with Crippen LogP contribution in [0.5, 0.6) is 0 Å². The van der Waals surface area contributed by atoms with Crippen molar-refractivity contribution in [1.29, 1.82) is 0 Å². The Morgan fingerprint density at radius 1 is 0.809 bits per heavy atom. The summed E-state index contributed by atoms with van der Waals surface area (Å²) in [6.45, 7) is 1.94. The normalized spacial score (nSPS) is 17.7. The zero-order valence-corrected chi connectivity index (χ0v) is 26.8. The van der Waals surface area contributed by atoms with Crippen LogP contribution in [0.25, 0.3) is 0 Å². The van der Waals surface area contributed by atoms with Gasteiger partial charge in [0, 0.05) is 44.5 Å². The number of para-hydroxylation sites is 2. The van der Waals surface area contributed by atoms with E-state index in [9.17, 15) is 14.7 Å². The maximum atomic E-state index is 12.5. The van der Waals surface area contributed by atoms with Crippen LogP contribution in [-0.4, -0.2) is 41.5 Å². The van der Waals surface area contributed by atoms with Crippen LogP contribution >= 0.6 is 0 Å². The number of carbonyl (C=O) groups excluding carboxylic acids is 2. The molecule has 0 spiro atoms. The molecule has 1 fully saturated rings. The third-order valence-corrected chi connectivity index (χ3v) is 8.21. The van der Waals surface area contributed by atoms with E-state index in [0.29, 0.717) is 30.8 Å². The van der Waals surface area contributed by atoms with E-state index in [1.165, 1.54) is 5.56 Å². The predicted molar refractivity (Wildman–Crippen MR) is 183 cm³/mol. The van der Waals surface area contributed by atoms with Crippen molar-refractivity contribution in [3.63, 3.8) is 0 Å². The number of nitrogen functional groups attached to an aromatic ring is 1. The Balaban J connectivity index is 1.14. The Labute approximate surface area is 276 Å². The van der Waals surface area contributed by atoms with Gasteiger partial charge in [-0.3, -0.25) is 14.5 Å². The van der Waals surface area contributed by atoms with Crippen LogP contribution in [0.3, 0.4) is 0 Å². The molecule has 1 aliphatic heterocycles. The lowest BCUT2D eigenvalue weighted by atomic mass is 9.99. The van der Waals surface area contributed by atoms with Crippen LogP contribution in [0.2, 0.25) is 0 Å². The second-order valence-electron chi connectivity index (χ2n) is 12.0. The minimum atomic E-state index is -0.553. The first-order valence-electron chi connectivity index (χ1n) is 16.1. The lowest BCUT2D eigenvalue weighted by Crippen LogP contribution is -2.37. The number of nitrogens with zero attached hydrogens (tertiary/aromatic N) is 1. The molecule has 0 saturated carbocycles. The molecule has 5 rings (SSSR count). The average Bonchev–Trinajstić information content (AvgIpc) is 3.09. The number of anilines is 2. The molecule has 2 amide bonds. The van der Waals surface area contributed by atoms with Gasteiger partial charge in [-0.25, -0.2) is 0 Å². The largest absolute Gasteiger partial charge is 0.397 e. The molecule has 3 unspecified atom stereocenters. The molecule has 1 heterocycles. The van der Waals surface area contributed by atoms with Crippen molar-refractivity contribution in [3.05, 3.63) is 131 Å². The number of benzene rings is 4. The second kappa shape index (κ2) is 16.9. The topological polar surface area (TPSA) is 126 Å². The standard InChI is InChI=1S/C38H44N4O5/c1-42(24-28-8-3-2-4-9-28)25-32-22-35(30-18-16-29(26-43)17-19-30)47-38(46-32)31-20-14-27(15-21-31)23-40-36(44)12-7-13-37(45)41-34-11-6-5-10-33(34)39/h2-6,8-11,14-21,32,35,38,43H,7,12-13,22-26,39H2,1H3,(H,40,44)(H,41,45). The number of hydrogen-bond acceptors (Lipinski definition) is 7. The first-order valence-corrected chi connectivity index (χ1v) is 16.1. The van der Waals surface area contributed by atoms with Crippen molar-refractivity contribution in [2.75, 3.05) is 24.6 Å². The van der Waals surface area contributed by atoms with Gasteiger partial charge in [-0.15, -0.1) is 0 Å². The molecule has 9 heteroatoms. The van der Waals surface area contributed by atoms with Gasteiger partial charge in [0.1, 0.15) is 0 Å². The molecule has 4 aromatic carbocycles. The second-order valence-corrected chi connectivity index (χ2v) is 12.0. The highest BCUT2D eigenvalue weighted by Gasteiger charge is 2.32. The lowest BCUT2D eigenvalue weighted by Gasteiger charge is -2.38. The van der Waals surface area contributed by atoms with E-state index in [1.807, 2.05) is 54.6 Å². The van der Waals surface area contributed by atoms with Crippen LogP contribution in [0.4, 0.5) is 11.4 Å². The van der Waals surface area contributed by atoms with Crippen LogP contribution in [-0.2, 0) is 38.8 Å². The van der Waals surface area contributed by atoms with Crippen LogP contribution in [0.1, 0.15) is 65.9 Å². The molecule has 0 radical (unpaired) electrons. The van der Waals surface area contributed by atoms with E-state index in [2.05, 4.69) is 46.8 Å². The number of likely N-dealkylation sites (N-methyl/N-ethyl adjacent to an activating group) is 1. The quantitative estimate of drug-likeness (QED) is 0.128. The average molecular weight is 637 g/mol. The van der Waals surface area contributed by atoms with Gasteiger partial charge in [-0.1, -0.05) is 91.0 Å². The van der Waals surface area contributed by atoms with Crippen molar-refractivity contribution in [2.24, 2.45) is 0 Å². The molecular weight excluding hydrogens is 592 g/mol. The zero-order chi connectivity index (χ0) is 33.0. The maximum absolute atomic E-state index is 12.5. The van der Waals surface area contributed by atoms with E-state index in [0.717, 1.165) is 35.3 Å². The van der Waals surface area contributed by atoms with Crippen molar-refractivity contribution in [3.8, 4) is 0 Å². The number of carbonyl (C=O) groups is 2. The predicted octanol–water partition coefficient (Wildman–Crippen LogP) is 5.86. The zero-order valence-electron chi connectivity index (χ0n) is 26.8. The van der Waals surface area contributed by atoms with Crippen molar-refractivity contribution in [2.45, 2.75) is 63.9 Å². The summed E-state index contributed by atoms with van der Waals surface area (Å²) < 4.78 is 13.0.